The number of carbonyl (C=O) groups excluding carboxylic acids is 2. The lowest BCUT2D eigenvalue weighted by Crippen LogP contribution is -2.34. The number of fused-ring (bicyclic) bond motifs is 1. The van der Waals surface area contributed by atoms with E-state index < -0.39 is 5.97 Å². The fourth-order valence-electron chi connectivity index (χ4n) is 2.92. The first-order valence-corrected chi connectivity index (χ1v) is 8.45. The summed E-state index contributed by atoms with van der Waals surface area (Å²) in [6, 6.07) is 15.0. The molecule has 2 aromatic carbocycles. The summed E-state index contributed by atoms with van der Waals surface area (Å²) in [6.45, 7) is 1.50. The smallest absolute Gasteiger partial charge is 0.334 e. The zero-order chi connectivity index (χ0) is 18.7. The van der Waals surface area contributed by atoms with Crippen LogP contribution in [0.25, 0.3) is 5.57 Å². The third kappa shape index (κ3) is 3.64. The molecule has 5 nitrogen and oxygen atoms in total. The van der Waals surface area contributed by atoms with Crippen molar-refractivity contribution in [1.29, 1.82) is 0 Å². The lowest BCUT2D eigenvalue weighted by atomic mass is 9.87. The number of benzene rings is 2. The summed E-state index contributed by atoms with van der Waals surface area (Å²) in [5.41, 5.74) is 3.87. The molecule has 2 aromatic rings. The van der Waals surface area contributed by atoms with Crippen molar-refractivity contribution in [1.82, 2.24) is 0 Å². The predicted molar refractivity (Wildman–Crippen MR) is 99.9 cm³/mol. The molecule has 0 saturated carbocycles. The van der Waals surface area contributed by atoms with Gasteiger partial charge in [-0.15, -0.1) is 0 Å². The van der Waals surface area contributed by atoms with Crippen molar-refractivity contribution in [2.45, 2.75) is 6.92 Å². The number of methoxy groups -OCH3 is 1. The highest BCUT2D eigenvalue weighted by molar-refractivity contribution is 6.31. The van der Waals surface area contributed by atoms with E-state index >= 15 is 0 Å². The Morgan fingerprint density at radius 3 is 2.54 bits per heavy atom. The molecule has 134 valence electrons. The zero-order valence-electron chi connectivity index (χ0n) is 14.5. The van der Waals surface area contributed by atoms with Gasteiger partial charge in [0.2, 0.25) is 0 Å². The molecule has 1 aliphatic heterocycles. The summed E-state index contributed by atoms with van der Waals surface area (Å²) in [4.78, 5) is 29.4. The van der Waals surface area contributed by atoms with Crippen LogP contribution >= 0.6 is 11.6 Å². The molecule has 0 N–H and O–H groups in total. The van der Waals surface area contributed by atoms with Crippen molar-refractivity contribution >= 4 is 34.6 Å². The largest absolute Gasteiger partial charge is 0.467 e. The Morgan fingerprint density at radius 1 is 1.15 bits per heavy atom. The van der Waals surface area contributed by atoms with Crippen molar-refractivity contribution < 1.29 is 19.2 Å². The van der Waals surface area contributed by atoms with Gasteiger partial charge in [0.1, 0.15) is 0 Å². The van der Waals surface area contributed by atoms with E-state index in [1.54, 1.807) is 12.1 Å². The number of esters is 1. The molecule has 3 rings (SSSR count). The zero-order valence-corrected chi connectivity index (χ0v) is 15.2. The number of nitrogens with zero attached hydrogens (tertiary/aromatic N) is 1. The third-order valence-corrected chi connectivity index (χ3v) is 4.39. The Morgan fingerprint density at radius 2 is 1.88 bits per heavy atom. The van der Waals surface area contributed by atoms with Gasteiger partial charge in [-0.3, -0.25) is 9.63 Å². The molecule has 0 aliphatic carbocycles. The molecule has 0 saturated heterocycles. The summed E-state index contributed by atoms with van der Waals surface area (Å²) < 4.78 is 4.62. The maximum absolute atomic E-state index is 12.4. The molecule has 0 fully saturated rings. The van der Waals surface area contributed by atoms with Crippen LogP contribution in [0.4, 0.5) is 5.69 Å². The van der Waals surface area contributed by atoms with E-state index in [9.17, 15) is 9.59 Å². The molecular formula is C20H18ClNO4. The molecule has 1 heterocycles. The Kier molecular flexibility index (Phi) is 5.40. The maximum Gasteiger partial charge on any atom is 0.334 e. The molecule has 0 aromatic heterocycles. The van der Waals surface area contributed by atoms with Gasteiger partial charge in [0.15, 0.2) is 12.4 Å². The first kappa shape index (κ1) is 18.2. The molecule has 0 unspecified atom stereocenters. The van der Waals surface area contributed by atoms with Gasteiger partial charge in [-0.2, -0.15) is 0 Å². The molecule has 1 aliphatic rings. The number of halogens is 1. The first-order valence-electron chi connectivity index (χ1n) is 8.08. The van der Waals surface area contributed by atoms with Crippen LogP contribution in [0.3, 0.4) is 0 Å². The highest BCUT2D eigenvalue weighted by atomic mass is 35.5. The highest BCUT2D eigenvalue weighted by Crippen LogP contribution is 2.40. The minimum atomic E-state index is -0.497. The van der Waals surface area contributed by atoms with E-state index in [2.05, 4.69) is 4.74 Å². The van der Waals surface area contributed by atoms with Crippen LogP contribution in [0.2, 0.25) is 5.02 Å². The number of anilines is 1. The fraction of sp³-hybridized carbons (Fsp3) is 0.200. The highest BCUT2D eigenvalue weighted by Gasteiger charge is 2.28. The minimum Gasteiger partial charge on any atom is -0.467 e. The first-order chi connectivity index (χ1) is 12.5. The molecule has 0 radical (unpaired) electrons. The molecule has 26 heavy (non-hydrogen) atoms. The SMILES string of the molecule is COC(=O)CON1CC(C(C)=O)=C(c2ccccc2)c2cc(Cl)ccc21. The lowest BCUT2D eigenvalue weighted by Gasteiger charge is -2.32. The number of ketones is 1. The average Bonchev–Trinajstić information content (AvgIpc) is 2.65. The molecular weight excluding hydrogens is 354 g/mol. The number of hydrogen-bond acceptors (Lipinski definition) is 5. The predicted octanol–water partition coefficient (Wildman–Crippen LogP) is 3.66. The van der Waals surface area contributed by atoms with E-state index in [0.29, 0.717) is 10.6 Å². The Hall–Kier alpha value is -2.63. The van der Waals surface area contributed by atoms with Gasteiger partial charge in [-0.05, 0) is 36.3 Å². The van der Waals surface area contributed by atoms with Crippen molar-refractivity contribution in [3.63, 3.8) is 0 Å². The summed E-state index contributed by atoms with van der Waals surface area (Å²) >= 11 is 6.21. The summed E-state index contributed by atoms with van der Waals surface area (Å²) in [5.74, 6) is -0.566. The van der Waals surface area contributed by atoms with Crippen LogP contribution in [0, 0.1) is 0 Å². The molecule has 0 amide bonds. The van der Waals surface area contributed by atoms with Crippen LogP contribution in [-0.4, -0.2) is 32.0 Å². The van der Waals surface area contributed by atoms with Gasteiger partial charge < -0.3 is 4.74 Å². The number of rotatable bonds is 5. The van der Waals surface area contributed by atoms with Gasteiger partial charge in [0.05, 0.1) is 19.3 Å². The van der Waals surface area contributed by atoms with Crippen molar-refractivity contribution in [3.05, 3.63) is 70.3 Å². The number of ether oxygens (including phenoxy) is 1. The Balaban J connectivity index is 2.12. The topological polar surface area (TPSA) is 55.8 Å². The summed E-state index contributed by atoms with van der Waals surface area (Å²) in [6.07, 6.45) is 0. The second-order valence-corrected chi connectivity index (χ2v) is 6.26. The van der Waals surface area contributed by atoms with Crippen molar-refractivity contribution in [2.24, 2.45) is 0 Å². The fourth-order valence-corrected chi connectivity index (χ4v) is 3.10. The van der Waals surface area contributed by atoms with Crippen LogP contribution in [-0.2, 0) is 19.2 Å². The van der Waals surface area contributed by atoms with Crippen molar-refractivity contribution in [2.75, 3.05) is 25.3 Å². The molecule has 0 spiro atoms. The number of hydrogen-bond donors (Lipinski definition) is 0. The van der Waals surface area contributed by atoms with Crippen LogP contribution in [0.1, 0.15) is 18.1 Å². The minimum absolute atomic E-state index is 0.0684. The normalized spacial score (nSPS) is 13.4. The van der Waals surface area contributed by atoms with Gasteiger partial charge >= 0.3 is 5.97 Å². The monoisotopic (exact) mass is 371 g/mol. The van der Waals surface area contributed by atoms with Gasteiger partial charge in [-0.25, -0.2) is 9.86 Å². The quantitative estimate of drug-likeness (QED) is 0.751. The van der Waals surface area contributed by atoms with Crippen LogP contribution in [0.5, 0.6) is 0 Å². The average molecular weight is 372 g/mol. The number of hydroxylamine groups is 1. The summed E-state index contributed by atoms with van der Waals surface area (Å²) in [7, 11) is 1.30. The summed E-state index contributed by atoms with van der Waals surface area (Å²) in [5, 5.41) is 2.08. The van der Waals surface area contributed by atoms with E-state index in [4.69, 9.17) is 16.4 Å². The van der Waals surface area contributed by atoms with E-state index in [0.717, 1.165) is 22.4 Å². The van der Waals surface area contributed by atoms with E-state index in [1.807, 2.05) is 36.4 Å². The van der Waals surface area contributed by atoms with Crippen molar-refractivity contribution in [3.8, 4) is 0 Å². The van der Waals surface area contributed by atoms with Gasteiger partial charge in [0, 0.05) is 16.2 Å². The number of carbonyl (C=O) groups is 2. The van der Waals surface area contributed by atoms with Gasteiger partial charge in [0.25, 0.3) is 0 Å². The Bertz CT molecular complexity index is 877. The maximum atomic E-state index is 12.4. The second-order valence-electron chi connectivity index (χ2n) is 5.82. The molecule has 0 atom stereocenters. The van der Waals surface area contributed by atoms with E-state index in [1.165, 1.54) is 19.1 Å². The lowest BCUT2D eigenvalue weighted by molar-refractivity contribution is -0.146. The molecule has 0 bridgehead atoms. The second kappa shape index (κ2) is 7.72. The Labute approximate surface area is 156 Å². The molecule has 6 heteroatoms. The third-order valence-electron chi connectivity index (χ3n) is 4.15. The number of Topliss-reactive ketones (excluding diaryl/α,β-unsaturated/α-hetero) is 1. The van der Waals surface area contributed by atoms with Gasteiger partial charge in [-0.1, -0.05) is 41.9 Å². The van der Waals surface area contributed by atoms with Crippen LogP contribution in [0.15, 0.2) is 54.1 Å². The standard InChI is InChI=1S/C20H18ClNO4/c1-13(23)17-11-22(26-12-19(24)25-2)18-9-8-15(21)10-16(18)20(17)14-6-4-3-5-7-14/h3-10H,11-12H2,1-2H3. The van der Waals surface area contributed by atoms with Crippen LogP contribution < -0.4 is 5.06 Å². The van der Waals surface area contributed by atoms with E-state index in [-0.39, 0.29) is 18.9 Å².